The standard InChI is InChI=1S/C25H26N2O2/c1-27(2)25(29)22-16-13-20(14-17-22)18-26-24(28)23-11-7-6-10-21(23)15-12-19-8-4-3-5-9-19/h3-11,13-14,16-17H,12,15,18H2,1-2H3,(H,26,28). The first-order valence-corrected chi connectivity index (χ1v) is 9.75. The molecule has 0 aliphatic carbocycles. The zero-order valence-corrected chi connectivity index (χ0v) is 16.9. The highest BCUT2D eigenvalue weighted by atomic mass is 16.2. The summed E-state index contributed by atoms with van der Waals surface area (Å²) in [5.74, 6) is -0.116. The number of hydrogen-bond acceptors (Lipinski definition) is 2. The van der Waals surface area contributed by atoms with E-state index >= 15 is 0 Å². The summed E-state index contributed by atoms with van der Waals surface area (Å²) >= 11 is 0. The fourth-order valence-corrected chi connectivity index (χ4v) is 3.18. The lowest BCUT2D eigenvalue weighted by atomic mass is 9.99. The van der Waals surface area contributed by atoms with Gasteiger partial charge >= 0.3 is 0 Å². The lowest BCUT2D eigenvalue weighted by Gasteiger charge is -2.12. The first-order chi connectivity index (χ1) is 14.0. The molecule has 29 heavy (non-hydrogen) atoms. The van der Waals surface area contributed by atoms with Gasteiger partial charge in [0.1, 0.15) is 0 Å². The van der Waals surface area contributed by atoms with Crippen LogP contribution in [-0.2, 0) is 19.4 Å². The molecule has 0 radical (unpaired) electrons. The van der Waals surface area contributed by atoms with Crippen LogP contribution in [0.25, 0.3) is 0 Å². The summed E-state index contributed by atoms with van der Waals surface area (Å²) in [6.07, 6.45) is 1.71. The maximum absolute atomic E-state index is 12.7. The Morgan fingerprint density at radius 2 is 1.41 bits per heavy atom. The van der Waals surface area contributed by atoms with Crippen molar-refractivity contribution in [3.05, 3.63) is 107 Å². The second-order valence-electron chi connectivity index (χ2n) is 7.22. The quantitative estimate of drug-likeness (QED) is 0.664. The highest BCUT2D eigenvalue weighted by Gasteiger charge is 2.11. The molecule has 3 aromatic carbocycles. The zero-order chi connectivity index (χ0) is 20.6. The number of rotatable bonds is 7. The maximum atomic E-state index is 12.7. The number of benzene rings is 3. The Labute approximate surface area is 172 Å². The number of nitrogens with zero attached hydrogens (tertiary/aromatic N) is 1. The molecule has 0 saturated heterocycles. The molecule has 0 aliphatic rings. The Morgan fingerprint density at radius 1 is 0.759 bits per heavy atom. The number of aryl methyl sites for hydroxylation is 2. The normalized spacial score (nSPS) is 10.4. The van der Waals surface area contributed by atoms with Crippen LogP contribution in [0.4, 0.5) is 0 Å². The number of amides is 2. The van der Waals surface area contributed by atoms with E-state index in [4.69, 9.17) is 0 Å². The zero-order valence-electron chi connectivity index (χ0n) is 16.9. The van der Waals surface area contributed by atoms with Crippen LogP contribution in [0, 0.1) is 0 Å². The van der Waals surface area contributed by atoms with Gasteiger partial charge in [0.15, 0.2) is 0 Å². The second kappa shape index (κ2) is 9.69. The summed E-state index contributed by atoms with van der Waals surface area (Å²) in [4.78, 5) is 26.3. The smallest absolute Gasteiger partial charge is 0.253 e. The topological polar surface area (TPSA) is 49.4 Å². The minimum Gasteiger partial charge on any atom is -0.348 e. The van der Waals surface area contributed by atoms with Gasteiger partial charge in [-0.05, 0) is 47.7 Å². The Balaban J connectivity index is 1.61. The van der Waals surface area contributed by atoms with E-state index in [1.165, 1.54) is 5.56 Å². The van der Waals surface area contributed by atoms with Crippen LogP contribution in [0.5, 0.6) is 0 Å². The summed E-state index contributed by atoms with van der Waals surface area (Å²) in [6.45, 7) is 0.419. The van der Waals surface area contributed by atoms with Crippen LogP contribution in [0.3, 0.4) is 0 Å². The van der Waals surface area contributed by atoms with Crippen molar-refractivity contribution in [3.63, 3.8) is 0 Å². The average Bonchev–Trinajstić information content (AvgIpc) is 2.76. The fraction of sp³-hybridized carbons (Fsp3) is 0.200. The lowest BCUT2D eigenvalue weighted by molar-refractivity contribution is 0.0827. The molecule has 4 nitrogen and oxygen atoms in total. The first-order valence-electron chi connectivity index (χ1n) is 9.75. The van der Waals surface area contributed by atoms with E-state index in [0.29, 0.717) is 17.7 Å². The van der Waals surface area contributed by atoms with Gasteiger partial charge in [-0.25, -0.2) is 0 Å². The molecule has 0 saturated carbocycles. The van der Waals surface area contributed by atoms with Gasteiger partial charge in [0.05, 0.1) is 0 Å². The van der Waals surface area contributed by atoms with Crippen LogP contribution in [-0.4, -0.2) is 30.8 Å². The van der Waals surface area contributed by atoms with Crippen molar-refractivity contribution in [1.29, 1.82) is 0 Å². The molecule has 3 rings (SSSR count). The van der Waals surface area contributed by atoms with E-state index in [1.807, 2.05) is 54.6 Å². The highest BCUT2D eigenvalue weighted by molar-refractivity contribution is 5.96. The molecule has 0 unspecified atom stereocenters. The van der Waals surface area contributed by atoms with E-state index in [2.05, 4.69) is 17.4 Å². The Bertz CT molecular complexity index is 964. The SMILES string of the molecule is CN(C)C(=O)c1ccc(CNC(=O)c2ccccc2CCc2ccccc2)cc1. The van der Waals surface area contributed by atoms with Crippen LogP contribution in [0.1, 0.15) is 37.4 Å². The Kier molecular flexibility index (Phi) is 6.80. The molecular weight excluding hydrogens is 360 g/mol. The van der Waals surface area contributed by atoms with Crippen molar-refractivity contribution < 1.29 is 9.59 Å². The average molecular weight is 386 g/mol. The molecule has 0 atom stereocenters. The van der Waals surface area contributed by atoms with E-state index in [0.717, 1.165) is 24.0 Å². The molecule has 4 heteroatoms. The third kappa shape index (κ3) is 5.55. The van der Waals surface area contributed by atoms with Gasteiger partial charge in [-0.2, -0.15) is 0 Å². The molecule has 0 bridgehead atoms. The molecule has 148 valence electrons. The van der Waals surface area contributed by atoms with Crippen LogP contribution < -0.4 is 5.32 Å². The molecule has 0 aromatic heterocycles. The summed E-state index contributed by atoms with van der Waals surface area (Å²) in [5, 5.41) is 2.99. The van der Waals surface area contributed by atoms with E-state index in [1.54, 1.807) is 31.1 Å². The molecule has 1 N–H and O–H groups in total. The van der Waals surface area contributed by atoms with Crippen molar-refractivity contribution in [2.75, 3.05) is 14.1 Å². The molecular formula is C25H26N2O2. The Morgan fingerprint density at radius 3 is 2.10 bits per heavy atom. The van der Waals surface area contributed by atoms with E-state index in [9.17, 15) is 9.59 Å². The summed E-state index contributed by atoms with van der Waals surface area (Å²) in [7, 11) is 3.46. The van der Waals surface area contributed by atoms with E-state index in [-0.39, 0.29) is 11.8 Å². The van der Waals surface area contributed by atoms with Gasteiger partial charge in [-0.15, -0.1) is 0 Å². The van der Waals surface area contributed by atoms with Gasteiger partial charge in [0.25, 0.3) is 11.8 Å². The number of carbonyl (C=O) groups excluding carboxylic acids is 2. The van der Waals surface area contributed by atoms with Gasteiger partial charge in [0.2, 0.25) is 0 Å². The van der Waals surface area contributed by atoms with Crippen LogP contribution in [0.15, 0.2) is 78.9 Å². The van der Waals surface area contributed by atoms with Crippen molar-refractivity contribution in [3.8, 4) is 0 Å². The molecule has 0 heterocycles. The third-order valence-corrected chi connectivity index (χ3v) is 4.85. The van der Waals surface area contributed by atoms with Gasteiger partial charge in [-0.1, -0.05) is 60.7 Å². The third-order valence-electron chi connectivity index (χ3n) is 4.85. The van der Waals surface area contributed by atoms with Gasteiger partial charge in [0, 0.05) is 31.8 Å². The molecule has 2 amide bonds. The highest BCUT2D eigenvalue weighted by Crippen LogP contribution is 2.13. The summed E-state index contributed by atoms with van der Waals surface area (Å²) in [6, 6.07) is 25.4. The monoisotopic (exact) mass is 386 g/mol. The molecule has 0 spiro atoms. The minimum atomic E-state index is -0.0814. The predicted octanol–water partition coefficient (Wildman–Crippen LogP) is 4.10. The minimum absolute atomic E-state index is 0.0343. The van der Waals surface area contributed by atoms with Crippen LogP contribution in [0.2, 0.25) is 0 Å². The first kappa shape index (κ1) is 20.3. The number of carbonyl (C=O) groups is 2. The van der Waals surface area contributed by atoms with E-state index < -0.39 is 0 Å². The largest absolute Gasteiger partial charge is 0.348 e. The van der Waals surface area contributed by atoms with Crippen molar-refractivity contribution >= 4 is 11.8 Å². The van der Waals surface area contributed by atoms with Crippen molar-refractivity contribution in [1.82, 2.24) is 10.2 Å². The van der Waals surface area contributed by atoms with Gasteiger partial charge in [-0.3, -0.25) is 9.59 Å². The molecule has 0 fully saturated rings. The number of nitrogens with one attached hydrogen (secondary N) is 1. The fourth-order valence-electron chi connectivity index (χ4n) is 3.18. The van der Waals surface area contributed by atoms with Gasteiger partial charge < -0.3 is 10.2 Å². The van der Waals surface area contributed by atoms with Crippen LogP contribution >= 0.6 is 0 Å². The maximum Gasteiger partial charge on any atom is 0.253 e. The molecule has 0 aliphatic heterocycles. The molecule has 3 aromatic rings. The van der Waals surface area contributed by atoms with Crippen molar-refractivity contribution in [2.24, 2.45) is 0 Å². The lowest BCUT2D eigenvalue weighted by Crippen LogP contribution is -2.24. The Hall–Kier alpha value is -3.40. The predicted molar refractivity (Wildman–Crippen MR) is 116 cm³/mol. The second-order valence-corrected chi connectivity index (χ2v) is 7.22. The van der Waals surface area contributed by atoms with Crippen molar-refractivity contribution in [2.45, 2.75) is 19.4 Å². The summed E-state index contributed by atoms with van der Waals surface area (Å²) in [5.41, 5.74) is 4.60. The number of hydrogen-bond donors (Lipinski definition) is 1. The summed E-state index contributed by atoms with van der Waals surface area (Å²) < 4.78 is 0.